The summed E-state index contributed by atoms with van der Waals surface area (Å²) < 4.78 is 12.8. The molecule has 1 atom stereocenters. The third kappa shape index (κ3) is 8.20. The van der Waals surface area contributed by atoms with E-state index in [1.54, 1.807) is 13.4 Å². The molecule has 0 spiro atoms. The summed E-state index contributed by atoms with van der Waals surface area (Å²) in [6.45, 7) is 8.98. The van der Waals surface area contributed by atoms with Gasteiger partial charge in [0.2, 0.25) is 17.7 Å². The normalized spacial score (nSPS) is 16.8. The number of hydrogen-bond acceptors (Lipinski definition) is 10. The monoisotopic (exact) mass is 766 g/mol. The van der Waals surface area contributed by atoms with Crippen molar-refractivity contribution in [3.8, 4) is 28.1 Å². The first-order valence-electron chi connectivity index (χ1n) is 19.4. The number of amides is 3. The number of methoxy groups -OCH3 is 1. The van der Waals surface area contributed by atoms with Crippen LogP contribution in [0.2, 0.25) is 0 Å². The van der Waals surface area contributed by atoms with Crippen LogP contribution in [0.1, 0.15) is 97.1 Å². The standard InChI is InChI=1S/C44H46N8O5/c1-44(2,3)43-49-40(50-57-43)42(55)45-23-33-14-13-32(22-37(33)56-4)39-36-21-34(25-52(36)47-26-46-39)29-7-5-27(6-8-29)24-51-19-17-30(18-20-51)28-9-11-31(12-10-28)35-15-16-38(53)48-41(35)54/h5-14,21-22,25-26,30,35H,15-20,23-24H2,1-4H3,(H,45,55)(H,48,53,54). The van der Waals surface area contributed by atoms with E-state index in [2.05, 4.69) is 90.4 Å². The number of nitrogens with zero attached hydrogens (tertiary/aromatic N) is 6. The van der Waals surface area contributed by atoms with Crippen molar-refractivity contribution < 1.29 is 23.6 Å². The molecule has 2 N–H and O–H groups in total. The molecule has 13 nitrogen and oxygen atoms in total. The molecular weight excluding hydrogens is 721 g/mol. The van der Waals surface area contributed by atoms with Crippen molar-refractivity contribution in [1.29, 1.82) is 0 Å². The van der Waals surface area contributed by atoms with E-state index in [-0.39, 0.29) is 35.5 Å². The lowest BCUT2D eigenvalue weighted by Crippen LogP contribution is -2.39. The Hall–Kier alpha value is -6.21. The number of carbonyl (C=O) groups is 3. The van der Waals surface area contributed by atoms with Crippen molar-refractivity contribution >= 4 is 23.2 Å². The number of fused-ring (bicyclic) bond motifs is 1. The van der Waals surface area contributed by atoms with Gasteiger partial charge in [0.1, 0.15) is 12.1 Å². The molecule has 2 aliphatic rings. The maximum Gasteiger partial charge on any atom is 0.292 e. The Morgan fingerprint density at radius 1 is 0.930 bits per heavy atom. The first-order valence-corrected chi connectivity index (χ1v) is 19.4. The maximum absolute atomic E-state index is 12.8. The van der Waals surface area contributed by atoms with E-state index in [1.165, 1.54) is 11.1 Å². The average Bonchev–Trinajstić information content (AvgIpc) is 3.90. The molecule has 5 heterocycles. The number of imide groups is 1. The summed E-state index contributed by atoms with van der Waals surface area (Å²) in [6.07, 6.45) is 6.70. The summed E-state index contributed by atoms with van der Waals surface area (Å²) in [5.41, 5.74) is 8.61. The summed E-state index contributed by atoms with van der Waals surface area (Å²) in [6, 6.07) is 25.1. The van der Waals surface area contributed by atoms with Gasteiger partial charge >= 0.3 is 0 Å². The molecule has 292 valence electrons. The SMILES string of the molecule is COc1cc(-c2ncnn3cc(-c4ccc(CN5CCC(c6ccc(C7CCC(=O)NC7=O)cc6)CC5)cc4)cc23)ccc1CNC(=O)c1noc(C(C)(C)C)n1. The van der Waals surface area contributed by atoms with Gasteiger partial charge in [-0.25, -0.2) is 9.50 Å². The molecule has 6 aromatic rings. The quantitative estimate of drug-likeness (QED) is 0.146. The second kappa shape index (κ2) is 15.7. The van der Waals surface area contributed by atoms with Crippen LogP contribution in [0.15, 0.2) is 89.8 Å². The van der Waals surface area contributed by atoms with Crippen LogP contribution in [0, 0.1) is 0 Å². The van der Waals surface area contributed by atoms with Gasteiger partial charge in [0.25, 0.3) is 11.7 Å². The largest absolute Gasteiger partial charge is 0.496 e. The van der Waals surface area contributed by atoms with Crippen LogP contribution >= 0.6 is 0 Å². The van der Waals surface area contributed by atoms with E-state index in [1.807, 2.05) is 49.7 Å². The Labute approximate surface area is 330 Å². The average molecular weight is 767 g/mol. The molecule has 0 bridgehead atoms. The second-order valence-electron chi connectivity index (χ2n) is 16.0. The van der Waals surface area contributed by atoms with E-state index in [0.717, 1.165) is 71.5 Å². The third-order valence-corrected chi connectivity index (χ3v) is 11.0. The fourth-order valence-corrected chi connectivity index (χ4v) is 7.72. The van der Waals surface area contributed by atoms with Gasteiger partial charge in [-0.05, 0) is 72.7 Å². The number of carbonyl (C=O) groups excluding carboxylic acids is 3. The zero-order chi connectivity index (χ0) is 39.7. The topological polar surface area (TPSA) is 157 Å². The van der Waals surface area contributed by atoms with Crippen LogP contribution in [-0.4, -0.2) is 67.6 Å². The van der Waals surface area contributed by atoms with Gasteiger partial charge < -0.3 is 14.6 Å². The lowest BCUT2D eigenvalue weighted by molar-refractivity contribution is -0.134. The van der Waals surface area contributed by atoms with E-state index < -0.39 is 5.91 Å². The van der Waals surface area contributed by atoms with Gasteiger partial charge in [-0.15, -0.1) is 0 Å². The van der Waals surface area contributed by atoms with Gasteiger partial charge in [-0.1, -0.05) is 86.6 Å². The van der Waals surface area contributed by atoms with E-state index in [0.29, 0.717) is 30.4 Å². The highest BCUT2D eigenvalue weighted by molar-refractivity contribution is 6.01. The van der Waals surface area contributed by atoms with E-state index >= 15 is 0 Å². The molecule has 1 unspecified atom stereocenters. The first kappa shape index (κ1) is 37.7. The highest BCUT2D eigenvalue weighted by atomic mass is 16.5. The fourth-order valence-electron chi connectivity index (χ4n) is 7.72. The highest BCUT2D eigenvalue weighted by Gasteiger charge is 2.29. The fraction of sp³-hybridized carbons (Fsp3) is 0.341. The first-order chi connectivity index (χ1) is 27.5. The van der Waals surface area contributed by atoms with E-state index in [4.69, 9.17) is 9.26 Å². The molecule has 13 heteroatoms. The minimum atomic E-state index is -0.430. The Balaban J connectivity index is 0.884. The number of hydrogen-bond donors (Lipinski definition) is 2. The number of ether oxygens (including phenoxy) is 1. The number of piperidine rings is 2. The Kier molecular flexibility index (Phi) is 10.4. The Morgan fingerprint density at radius 3 is 2.37 bits per heavy atom. The molecule has 8 rings (SSSR count). The van der Waals surface area contributed by atoms with Crippen molar-refractivity contribution in [2.24, 2.45) is 0 Å². The molecule has 3 amide bonds. The summed E-state index contributed by atoms with van der Waals surface area (Å²) >= 11 is 0. The molecule has 3 aromatic carbocycles. The van der Waals surface area contributed by atoms with Crippen molar-refractivity contribution in [2.75, 3.05) is 20.2 Å². The minimum Gasteiger partial charge on any atom is -0.496 e. The third-order valence-electron chi connectivity index (χ3n) is 11.0. The van der Waals surface area contributed by atoms with Gasteiger partial charge in [-0.2, -0.15) is 10.1 Å². The van der Waals surface area contributed by atoms with Crippen LogP contribution in [0.4, 0.5) is 0 Å². The van der Waals surface area contributed by atoms with Crippen molar-refractivity contribution in [3.05, 3.63) is 119 Å². The second-order valence-corrected chi connectivity index (χ2v) is 16.0. The molecule has 0 radical (unpaired) electrons. The lowest BCUT2D eigenvalue weighted by atomic mass is 9.86. The zero-order valence-corrected chi connectivity index (χ0v) is 32.6. The zero-order valence-electron chi connectivity index (χ0n) is 32.6. The molecule has 0 saturated carbocycles. The smallest absolute Gasteiger partial charge is 0.292 e. The van der Waals surface area contributed by atoms with Gasteiger partial charge in [0, 0.05) is 47.8 Å². The molecule has 3 aromatic heterocycles. The van der Waals surface area contributed by atoms with Gasteiger partial charge in [0.05, 0.1) is 24.2 Å². The van der Waals surface area contributed by atoms with Crippen LogP contribution < -0.4 is 15.4 Å². The molecule has 0 aliphatic carbocycles. The predicted octanol–water partition coefficient (Wildman–Crippen LogP) is 6.58. The Bertz CT molecular complexity index is 2420. The Morgan fingerprint density at radius 2 is 1.67 bits per heavy atom. The lowest BCUT2D eigenvalue weighted by Gasteiger charge is -2.32. The summed E-state index contributed by atoms with van der Waals surface area (Å²) in [4.78, 5) is 48.0. The predicted molar refractivity (Wildman–Crippen MR) is 213 cm³/mol. The molecule has 2 aliphatic heterocycles. The van der Waals surface area contributed by atoms with Crippen LogP contribution in [0.25, 0.3) is 27.9 Å². The van der Waals surface area contributed by atoms with Crippen molar-refractivity contribution in [2.45, 2.75) is 76.8 Å². The minimum absolute atomic E-state index is 0.0107. The number of rotatable bonds is 10. The van der Waals surface area contributed by atoms with Gasteiger partial charge in [-0.3, -0.25) is 24.6 Å². The molecule has 2 saturated heterocycles. The molecule has 2 fully saturated rings. The summed E-state index contributed by atoms with van der Waals surface area (Å²) in [7, 11) is 1.60. The van der Waals surface area contributed by atoms with Gasteiger partial charge in [0.15, 0.2) is 0 Å². The molecular formula is C44H46N8O5. The highest BCUT2D eigenvalue weighted by Crippen LogP contribution is 2.34. The van der Waals surface area contributed by atoms with Crippen molar-refractivity contribution in [3.63, 3.8) is 0 Å². The summed E-state index contributed by atoms with van der Waals surface area (Å²) in [5, 5.41) is 13.7. The van der Waals surface area contributed by atoms with Crippen LogP contribution in [-0.2, 0) is 28.1 Å². The van der Waals surface area contributed by atoms with Crippen LogP contribution in [0.5, 0.6) is 5.75 Å². The van der Waals surface area contributed by atoms with E-state index in [9.17, 15) is 14.4 Å². The van der Waals surface area contributed by atoms with Crippen LogP contribution in [0.3, 0.4) is 0 Å². The number of aromatic nitrogens is 5. The number of likely N-dealkylation sites (tertiary alicyclic amines) is 1. The van der Waals surface area contributed by atoms with Crippen molar-refractivity contribution in [1.82, 2.24) is 40.3 Å². The maximum atomic E-state index is 12.8. The molecule has 57 heavy (non-hydrogen) atoms. The number of nitrogens with one attached hydrogen (secondary N) is 2. The summed E-state index contributed by atoms with van der Waals surface area (Å²) in [5.74, 6) is 0.445. The number of benzene rings is 3.